The van der Waals surface area contributed by atoms with Crippen LogP contribution in [-0.4, -0.2) is 43.5 Å². The van der Waals surface area contributed by atoms with E-state index in [2.05, 4.69) is 0 Å². The fraction of sp³-hybridized carbons (Fsp3) is 0.417. The van der Waals surface area contributed by atoms with E-state index in [1.807, 2.05) is 53.4 Å². The number of fused-ring (bicyclic) bond motifs is 1. The largest absolute Gasteiger partial charge is 0.497 e. The van der Waals surface area contributed by atoms with E-state index in [4.69, 9.17) is 9.47 Å². The minimum absolute atomic E-state index is 0.0134. The summed E-state index contributed by atoms with van der Waals surface area (Å²) >= 11 is 0. The first-order valence-corrected chi connectivity index (χ1v) is 10.6. The summed E-state index contributed by atoms with van der Waals surface area (Å²) in [5, 5.41) is 0. The third kappa shape index (κ3) is 4.27. The zero-order valence-corrected chi connectivity index (χ0v) is 17.4. The highest BCUT2D eigenvalue weighted by molar-refractivity contribution is 6.00. The smallest absolute Gasteiger partial charge is 0.243 e. The molecule has 2 aliphatic heterocycles. The van der Waals surface area contributed by atoms with E-state index in [0.717, 1.165) is 37.0 Å². The van der Waals surface area contributed by atoms with Crippen LogP contribution < -0.4 is 14.4 Å². The van der Waals surface area contributed by atoms with Crippen molar-refractivity contribution in [3.63, 3.8) is 0 Å². The normalized spacial score (nSPS) is 19.4. The van der Waals surface area contributed by atoms with Crippen LogP contribution in [0.3, 0.4) is 0 Å². The maximum atomic E-state index is 13.5. The lowest BCUT2D eigenvalue weighted by Crippen LogP contribution is -2.44. The van der Waals surface area contributed by atoms with E-state index in [9.17, 15) is 9.59 Å². The van der Waals surface area contributed by atoms with Crippen molar-refractivity contribution < 1.29 is 19.1 Å². The van der Waals surface area contributed by atoms with Gasteiger partial charge in [0.15, 0.2) is 0 Å². The van der Waals surface area contributed by atoms with Gasteiger partial charge < -0.3 is 14.4 Å². The number of amides is 2. The van der Waals surface area contributed by atoms with Crippen LogP contribution in [-0.2, 0) is 9.59 Å². The number of anilines is 1. The molecule has 2 aliphatic rings. The highest BCUT2D eigenvalue weighted by Crippen LogP contribution is 2.34. The SMILES string of the molecule is COc1ccc(C2CCCCCN2C(=O)CN2C(=O)CCOc3ccccc32)cc1. The first kappa shape index (κ1) is 20.3. The first-order valence-electron chi connectivity index (χ1n) is 10.6. The number of carbonyl (C=O) groups is 2. The van der Waals surface area contributed by atoms with E-state index in [-0.39, 0.29) is 30.8 Å². The Hall–Kier alpha value is -3.02. The molecule has 30 heavy (non-hydrogen) atoms. The number of methoxy groups -OCH3 is 1. The highest BCUT2D eigenvalue weighted by atomic mass is 16.5. The molecular weight excluding hydrogens is 380 g/mol. The molecular formula is C24H28N2O4. The van der Waals surface area contributed by atoms with Crippen LogP contribution in [0.25, 0.3) is 0 Å². The number of ether oxygens (including phenoxy) is 2. The summed E-state index contributed by atoms with van der Waals surface area (Å²) in [5.41, 5.74) is 1.78. The van der Waals surface area contributed by atoms with E-state index >= 15 is 0 Å². The van der Waals surface area contributed by atoms with Gasteiger partial charge in [0.2, 0.25) is 11.8 Å². The zero-order chi connectivity index (χ0) is 20.9. The Balaban J connectivity index is 1.58. The van der Waals surface area contributed by atoms with Crippen molar-refractivity contribution in [3.8, 4) is 11.5 Å². The molecule has 4 rings (SSSR count). The fourth-order valence-electron chi connectivity index (χ4n) is 4.30. The van der Waals surface area contributed by atoms with Crippen LogP contribution in [0.15, 0.2) is 48.5 Å². The molecule has 158 valence electrons. The van der Waals surface area contributed by atoms with Gasteiger partial charge in [-0.15, -0.1) is 0 Å². The molecule has 2 aromatic rings. The highest BCUT2D eigenvalue weighted by Gasteiger charge is 2.31. The zero-order valence-electron chi connectivity index (χ0n) is 17.4. The standard InChI is InChI=1S/C24H28N2O4/c1-29-19-12-10-18(11-13-19)20-7-3-2-6-15-25(20)24(28)17-26-21-8-4-5-9-22(21)30-16-14-23(26)27/h4-5,8-13,20H,2-3,6-7,14-17H2,1H3. The lowest BCUT2D eigenvalue weighted by Gasteiger charge is -2.33. The predicted molar refractivity (Wildman–Crippen MR) is 115 cm³/mol. The summed E-state index contributed by atoms with van der Waals surface area (Å²) in [6, 6.07) is 15.4. The van der Waals surface area contributed by atoms with Gasteiger partial charge in [0.1, 0.15) is 18.0 Å². The van der Waals surface area contributed by atoms with Crippen LogP contribution in [0, 0.1) is 0 Å². The molecule has 0 saturated carbocycles. The van der Waals surface area contributed by atoms with E-state index < -0.39 is 0 Å². The topological polar surface area (TPSA) is 59.1 Å². The van der Waals surface area contributed by atoms with Crippen LogP contribution in [0.4, 0.5) is 5.69 Å². The maximum absolute atomic E-state index is 13.5. The molecule has 1 unspecified atom stereocenters. The van der Waals surface area contributed by atoms with Crippen molar-refractivity contribution in [2.24, 2.45) is 0 Å². The molecule has 0 spiro atoms. The van der Waals surface area contributed by atoms with E-state index in [1.165, 1.54) is 0 Å². The van der Waals surface area contributed by atoms with Gasteiger partial charge in [0.25, 0.3) is 0 Å². The summed E-state index contributed by atoms with van der Waals surface area (Å²) in [7, 11) is 1.65. The van der Waals surface area contributed by atoms with Gasteiger partial charge in [-0.3, -0.25) is 14.5 Å². The summed E-state index contributed by atoms with van der Waals surface area (Å²) in [5.74, 6) is 1.35. The Morgan fingerprint density at radius 1 is 1.10 bits per heavy atom. The second-order valence-corrected chi connectivity index (χ2v) is 7.77. The minimum Gasteiger partial charge on any atom is -0.497 e. The molecule has 1 saturated heterocycles. The Labute approximate surface area is 177 Å². The lowest BCUT2D eigenvalue weighted by atomic mass is 10.0. The van der Waals surface area contributed by atoms with Crippen LogP contribution in [0.5, 0.6) is 11.5 Å². The molecule has 1 fully saturated rings. The summed E-state index contributed by atoms with van der Waals surface area (Å²) in [6.07, 6.45) is 4.36. The molecule has 1 atom stereocenters. The number of nitrogens with zero attached hydrogens (tertiary/aromatic N) is 2. The number of hydrogen-bond donors (Lipinski definition) is 0. The van der Waals surface area contributed by atoms with Gasteiger partial charge in [0, 0.05) is 6.54 Å². The minimum atomic E-state index is -0.0795. The van der Waals surface area contributed by atoms with Gasteiger partial charge in [0.05, 0.1) is 31.9 Å². The van der Waals surface area contributed by atoms with Crippen LogP contribution >= 0.6 is 0 Å². The van der Waals surface area contributed by atoms with Gasteiger partial charge in [-0.1, -0.05) is 37.1 Å². The summed E-state index contributed by atoms with van der Waals surface area (Å²) < 4.78 is 11.0. The molecule has 2 amide bonds. The Morgan fingerprint density at radius 3 is 2.70 bits per heavy atom. The van der Waals surface area contributed by atoms with Gasteiger partial charge in [-0.2, -0.15) is 0 Å². The number of benzene rings is 2. The third-order valence-electron chi connectivity index (χ3n) is 5.90. The average Bonchev–Trinajstić information content (AvgIpc) is 3.11. The first-order chi connectivity index (χ1) is 14.7. The third-order valence-corrected chi connectivity index (χ3v) is 5.90. The molecule has 0 bridgehead atoms. The fourth-order valence-corrected chi connectivity index (χ4v) is 4.30. The molecule has 0 aliphatic carbocycles. The molecule has 6 nitrogen and oxygen atoms in total. The second-order valence-electron chi connectivity index (χ2n) is 7.77. The molecule has 0 aromatic heterocycles. The van der Waals surface area contributed by atoms with Gasteiger partial charge >= 0.3 is 0 Å². The number of para-hydroxylation sites is 2. The molecule has 2 aromatic carbocycles. The van der Waals surface area contributed by atoms with Crippen molar-refractivity contribution in [1.82, 2.24) is 4.90 Å². The Kier molecular flexibility index (Phi) is 6.21. The summed E-state index contributed by atoms with van der Waals surface area (Å²) in [6.45, 7) is 1.07. The van der Waals surface area contributed by atoms with Crippen molar-refractivity contribution >= 4 is 17.5 Å². The van der Waals surface area contributed by atoms with Crippen LogP contribution in [0.1, 0.15) is 43.7 Å². The number of carbonyl (C=O) groups excluding carboxylic acids is 2. The number of likely N-dealkylation sites (tertiary alicyclic amines) is 1. The number of rotatable bonds is 4. The quantitative estimate of drug-likeness (QED) is 0.769. The van der Waals surface area contributed by atoms with Gasteiger partial charge in [-0.25, -0.2) is 0 Å². The molecule has 0 radical (unpaired) electrons. The summed E-state index contributed by atoms with van der Waals surface area (Å²) in [4.78, 5) is 29.7. The number of hydrogen-bond acceptors (Lipinski definition) is 4. The van der Waals surface area contributed by atoms with Crippen molar-refractivity contribution in [1.29, 1.82) is 0 Å². The van der Waals surface area contributed by atoms with Gasteiger partial charge in [-0.05, 0) is 42.7 Å². The molecule has 0 N–H and O–H groups in total. The average molecular weight is 408 g/mol. The predicted octanol–water partition coefficient (Wildman–Crippen LogP) is 3.95. The molecule has 6 heteroatoms. The van der Waals surface area contributed by atoms with Crippen molar-refractivity contribution in [3.05, 3.63) is 54.1 Å². The van der Waals surface area contributed by atoms with Crippen molar-refractivity contribution in [2.75, 3.05) is 31.7 Å². The van der Waals surface area contributed by atoms with E-state index in [0.29, 0.717) is 24.6 Å². The monoisotopic (exact) mass is 408 g/mol. The van der Waals surface area contributed by atoms with Crippen LogP contribution in [0.2, 0.25) is 0 Å². The van der Waals surface area contributed by atoms with E-state index in [1.54, 1.807) is 12.0 Å². The Bertz CT molecular complexity index is 896. The van der Waals surface area contributed by atoms with Crippen molar-refractivity contribution in [2.45, 2.75) is 38.1 Å². The lowest BCUT2D eigenvalue weighted by molar-refractivity contribution is -0.133. The Morgan fingerprint density at radius 2 is 1.90 bits per heavy atom. The molecule has 2 heterocycles. The maximum Gasteiger partial charge on any atom is 0.243 e. The second kappa shape index (κ2) is 9.20.